The third-order valence-corrected chi connectivity index (χ3v) is 3.31. The van der Waals surface area contributed by atoms with Crippen LogP contribution in [0.5, 0.6) is 0 Å². The smallest absolute Gasteiger partial charge is 0.340 e. The highest BCUT2D eigenvalue weighted by Crippen LogP contribution is 2.22. The molecule has 0 radical (unpaired) electrons. The molecule has 3 aromatic rings. The minimum atomic E-state index is -0.558. The number of hydrogen-bond donors (Lipinski definition) is 1. The molecule has 6 nitrogen and oxygen atoms in total. The van der Waals surface area contributed by atoms with Gasteiger partial charge >= 0.3 is 5.97 Å². The molecule has 0 aliphatic rings. The molecule has 1 aromatic carbocycles. The van der Waals surface area contributed by atoms with E-state index in [-0.39, 0.29) is 17.7 Å². The molecule has 1 N–H and O–H groups in total. The molecule has 2 aromatic heterocycles. The van der Waals surface area contributed by atoms with Crippen molar-refractivity contribution in [2.75, 3.05) is 0 Å². The van der Waals surface area contributed by atoms with Gasteiger partial charge in [0.1, 0.15) is 12.3 Å². The van der Waals surface area contributed by atoms with Crippen LogP contribution in [0.15, 0.2) is 58.0 Å². The van der Waals surface area contributed by atoms with Crippen molar-refractivity contribution < 1.29 is 14.1 Å². The summed E-state index contributed by atoms with van der Waals surface area (Å²) in [5.74, 6) is -0.00551. The highest BCUT2D eigenvalue weighted by Gasteiger charge is 2.11. The molecule has 3 rings (SSSR count). The average molecular weight is 331 g/mol. The van der Waals surface area contributed by atoms with E-state index in [1.54, 1.807) is 30.3 Å². The zero-order valence-electron chi connectivity index (χ0n) is 11.8. The lowest BCUT2D eigenvalue weighted by molar-refractivity contribution is 0.0464. The van der Waals surface area contributed by atoms with Gasteiger partial charge in [-0.2, -0.15) is 0 Å². The van der Waals surface area contributed by atoms with Crippen LogP contribution < -0.4 is 5.56 Å². The van der Waals surface area contributed by atoms with Crippen LogP contribution in [0.25, 0.3) is 11.3 Å². The predicted octanol–water partition coefficient (Wildman–Crippen LogP) is 3.04. The number of halogens is 1. The quantitative estimate of drug-likeness (QED) is 0.743. The summed E-state index contributed by atoms with van der Waals surface area (Å²) in [6.07, 6.45) is 1.30. The van der Waals surface area contributed by atoms with Crippen LogP contribution in [-0.2, 0) is 11.3 Å². The van der Waals surface area contributed by atoms with Crippen LogP contribution in [0, 0.1) is 0 Å². The summed E-state index contributed by atoms with van der Waals surface area (Å²) in [7, 11) is 0. The van der Waals surface area contributed by atoms with E-state index in [1.807, 2.05) is 0 Å². The van der Waals surface area contributed by atoms with Gasteiger partial charge in [0.2, 0.25) is 5.56 Å². The van der Waals surface area contributed by atoms with Gasteiger partial charge in [0.15, 0.2) is 5.76 Å². The van der Waals surface area contributed by atoms with Crippen molar-refractivity contribution in [1.29, 1.82) is 0 Å². The molecule has 7 heteroatoms. The fourth-order valence-electron chi connectivity index (χ4n) is 1.89. The predicted molar refractivity (Wildman–Crippen MR) is 83.1 cm³/mol. The van der Waals surface area contributed by atoms with E-state index < -0.39 is 5.97 Å². The number of esters is 1. The Morgan fingerprint density at radius 1 is 1.22 bits per heavy atom. The fraction of sp³-hybridized carbons (Fsp3) is 0.0625. The van der Waals surface area contributed by atoms with Gasteiger partial charge < -0.3 is 14.2 Å². The number of hydrogen-bond acceptors (Lipinski definition) is 5. The number of pyridine rings is 1. The maximum Gasteiger partial charge on any atom is 0.340 e. The first-order chi connectivity index (χ1) is 11.1. The third-order valence-electron chi connectivity index (χ3n) is 3.06. The van der Waals surface area contributed by atoms with Gasteiger partial charge in [-0.05, 0) is 30.3 Å². The lowest BCUT2D eigenvalue weighted by Crippen LogP contribution is -2.09. The summed E-state index contributed by atoms with van der Waals surface area (Å²) < 4.78 is 10.3. The van der Waals surface area contributed by atoms with Crippen LogP contribution in [0.1, 0.15) is 16.1 Å². The minimum Gasteiger partial charge on any atom is -0.455 e. The van der Waals surface area contributed by atoms with Crippen molar-refractivity contribution in [2.24, 2.45) is 0 Å². The Kier molecular flexibility index (Phi) is 4.25. The number of H-pyrrole nitrogens is 1. The van der Waals surface area contributed by atoms with E-state index >= 15 is 0 Å². The number of ether oxygens (including phenoxy) is 1. The van der Waals surface area contributed by atoms with Crippen LogP contribution in [0.2, 0.25) is 5.02 Å². The van der Waals surface area contributed by atoms with Gasteiger partial charge in [0.25, 0.3) is 0 Å². The summed E-state index contributed by atoms with van der Waals surface area (Å²) in [5.41, 5.74) is 1.27. The fourth-order valence-corrected chi connectivity index (χ4v) is 2.02. The Labute approximate surface area is 135 Å². The molecule has 0 bridgehead atoms. The van der Waals surface area contributed by atoms with Crippen LogP contribution in [0.3, 0.4) is 0 Å². The van der Waals surface area contributed by atoms with Crippen molar-refractivity contribution in [3.8, 4) is 11.3 Å². The molecule has 116 valence electrons. The Balaban J connectivity index is 1.65. The van der Waals surface area contributed by atoms with Crippen LogP contribution in [0.4, 0.5) is 0 Å². The molecule has 0 atom stereocenters. The maximum atomic E-state index is 11.8. The first-order valence-corrected chi connectivity index (χ1v) is 7.07. The SMILES string of the molecule is O=C(OCc1cc(-c2ccc(Cl)cc2)on1)c1ccc(=O)[nH]c1. The summed E-state index contributed by atoms with van der Waals surface area (Å²) in [6.45, 7) is -0.0327. The lowest BCUT2D eigenvalue weighted by atomic mass is 10.2. The number of rotatable bonds is 4. The zero-order valence-corrected chi connectivity index (χ0v) is 12.5. The third kappa shape index (κ3) is 3.67. The number of benzene rings is 1. The van der Waals surface area contributed by atoms with Crippen LogP contribution in [-0.4, -0.2) is 16.1 Å². The Hall–Kier alpha value is -2.86. The first-order valence-electron chi connectivity index (χ1n) is 6.69. The van der Waals surface area contributed by atoms with Crippen molar-refractivity contribution in [2.45, 2.75) is 6.61 Å². The summed E-state index contributed by atoms with van der Waals surface area (Å²) in [4.78, 5) is 25.2. The van der Waals surface area contributed by atoms with E-state index in [2.05, 4.69) is 10.1 Å². The largest absolute Gasteiger partial charge is 0.455 e. The first kappa shape index (κ1) is 15.1. The number of aromatic amines is 1. The van der Waals surface area contributed by atoms with Gasteiger partial charge in [-0.1, -0.05) is 16.8 Å². The summed E-state index contributed by atoms with van der Waals surface area (Å²) in [6, 6.07) is 11.4. The Morgan fingerprint density at radius 3 is 2.70 bits per heavy atom. The number of nitrogens with zero attached hydrogens (tertiary/aromatic N) is 1. The second kappa shape index (κ2) is 6.50. The molecule has 0 aliphatic carbocycles. The number of carbonyl (C=O) groups is 1. The van der Waals surface area contributed by atoms with Gasteiger partial charge in [0, 0.05) is 28.9 Å². The van der Waals surface area contributed by atoms with Crippen molar-refractivity contribution in [3.05, 3.63) is 75.3 Å². The van der Waals surface area contributed by atoms with Gasteiger partial charge in [-0.15, -0.1) is 0 Å². The molecular weight excluding hydrogens is 320 g/mol. The van der Waals surface area contributed by atoms with E-state index in [9.17, 15) is 9.59 Å². The van der Waals surface area contributed by atoms with Crippen molar-refractivity contribution >= 4 is 17.6 Å². The molecule has 2 heterocycles. The highest BCUT2D eigenvalue weighted by atomic mass is 35.5. The molecule has 0 saturated carbocycles. The monoisotopic (exact) mass is 330 g/mol. The summed E-state index contributed by atoms with van der Waals surface area (Å²) in [5, 5.41) is 4.48. The van der Waals surface area contributed by atoms with Gasteiger partial charge in [0.05, 0.1) is 5.56 Å². The number of nitrogens with one attached hydrogen (secondary N) is 1. The van der Waals surface area contributed by atoms with E-state index in [1.165, 1.54) is 18.3 Å². The maximum absolute atomic E-state index is 11.8. The Morgan fingerprint density at radius 2 is 2.00 bits per heavy atom. The van der Waals surface area contributed by atoms with E-state index in [0.717, 1.165) is 5.56 Å². The van der Waals surface area contributed by atoms with Gasteiger partial charge in [-0.25, -0.2) is 4.79 Å². The molecule has 0 spiro atoms. The topological polar surface area (TPSA) is 85.2 Å². The number of aromatic nitrogens is 2. The normalized spacial score (nSPS) is 10.5. The summed E-state index contributed by atoms with van der Waals surface area (Å²) >= 11 is 5.83. The zero-order chi connectivity index (χ0) is 16.2. The molecule has 0 amide bonds. The van der Waals surface area contributed by atoms with Crippen molar-refractivity contribution in [1.82, 2.24) is 10.1 Å². The van der Waals surface area contributed by atoms with Crippen molar-refractivity contribution in [3.63, 3.8) is 0 Å². The second-order valence-corrected chi connectivity index (χ2v) is 5.14. The van der Waals surface area contributed by atoms with E-state index in [0.29, 0.717) is 16.5 Å². The molecule has 0 saturated heterocycles. The Bertz CT molecular complexity index is 863. The minimum absolute atomic E-state index is 0.0327. The molecule has 0 aliphatic heterocycles. The average Bonchev–Trinajstić information content (AvgIpc) is 3.03. The molecule has 0 fully saturated rings. The second-order valence-electron chi connectivity index (χ2n) is 4.71. The standard InChI is InChI=1S/C16H11ClN2O4/c17-12-4-1-10(2-5-12)14-7-13(19-23-14)9-22-16(21)11-3-6-15(20)18-8-11/h1-8H,9H2,(H,18,20). The molecular formula is C16H11ClN2O4. The van der Waals surface area contributed by atoms with E-state index in [4.69, 9.17) is 20.9 Å². The number of carbonyl (C=O) groups excluding carboxylic acids is 1. The van der Waals surface area contributed by atoms with Crippen LogP contribution >= 0.6 is 11.6 Å². The molecule has 0 unspecified atom stereocenters. The molecule has 23 heavy (non-hydrogen) atoms. The lowest BCUT2D eigenvalue weighted by Gasteiger charge is -2.01. The van der Waals surface area contributed by atoms with Gasteiger partial charge in [-0.3, -0.25) is 4.79 Å². The highest BCUT2D eigenvalue weighted by molar-refractivity contribution is 6.30.